The molecular weight excluding hydrogens is 697 g/mol. The Morgan fingerprint density at radius 1 is 0.566 bits per heavy atom. The molecule has 6 rings (SSSR count). The topological polar surface area (TPSA) is 238 Å². The number of azo groups is 3. The normalized spacial score (nSPS) is 11.9. The number of aromatic carboxylic acids is 1. The number of hydrogen-bond acceptors (Lipinski definition) is 12. The van der Waals surface area contributed by atoms with Gasteiger partial charge in [-0.25, -0.2) is 4.79 Å². The number of carboxylic acids is 1. The molecule has 0 unspecified atom stereocenters. The Balaban J connectivity index is 1.12. The van der Waals surface area contributed by atoms with Crippen molar-refractivity contribution in [3.05, 3.63) is 132 Å². The fourth-order valence-corrected chi connectivity index (χ4v) is 5.56. The number of carbonyl (C=O) groups is 1. The zero-order chi connectivity index (χ0) is 37.7. The van der Waals surface area contributed by atoms with Gasteiger partial charge in [-0.05, 0) is 108 Å². The van der Waals surface area contributed by atoms with Crippen LogP contribution in [0.1, 0.15) is 15.9 Å². The third kappa shape index (κ3) is 8.45. The van der Waals surface area contributed by atoms with Crippen LogP contribution in [0.25, 0.3) is 22.3 Å². The van der Waals surface area contributed by atoms with Gasteiger partial charge in [0.25, 0.3) is 10.1 Å². The van der Waals surface area contributed by atoms with E-state index in [1.54, 1.807) is 61.5 Å². The summed E-state index contributed by atoms with van der Waals surface area (Å²) in [6.07, 6.45) is 0. The van der Waals surface area contributed by atoms with Gasteiger partial charge in [0.05, 0.1) is 39.0 Å². The molecule has 0 bridgehead atoms. The summed E-state index contributed by atoms with van der Waals surface area (Å²) in [5.74, 6) is -1.61. The molecule has 0 amide bonds. The summed E-state index contributed by atoms with van der Waals surface area (Å²) in [6.45, 7) is 1.80. The lowest BCUT2D eigenvalue weighted by Crippen LogP contribution is -1.97. The molecule has 0 aliphatic heterocycles. The molecule has 0 saturated heterocycles. The number of hydrogen-bond donors (Lipinski definition) is 5. The number of phenols is 1. The maximum Gasteiger partial charge on any atom is 0.339 e. The predicted molar refractivity (Wildman–Crippen MR) is 201 cm³/mol. The molecule has 0 aromatic heterocycles. The minimum Gasteiger partial charge on any atom is -0.507 e. The van der Waals surface area contributed by atoms with E-state index in [-0.39, 0.29) is 27.6 Å². The van der Waals surface area contributed by atoms with Crippen molar-refractivity contribution >= 4 is 61.6 Å². The third-order valence-corrected chi connectivity index (χ3v) is 8.88. The number of benzene rings is 6. The van der Waals surface area contributed by atoms with Gasteiger partial charge in [0.15, 0.2) is 0 Å². The third-order valence-electron chi connectivity index (χ3n) is 8.02. The van der Waals surface area contributed by atoms with Crippen LogP contribution in [-0.4, -0.2) is 29.2 Å². The van der Waals surface area contributed by atoms with E-state index >= 15 is 0 Å². The number of aryl methyl sites for hydroxylation is 1. The Morgan fingerprint density at radius 3 is 1.45 bits per heavy atom. The van der Waals surface area contributed by atoms with E-state index < -0.39 is 16.1 Å². The van der Waals surface area contributed by atoms with Crippen LogP contribution in [0.3, 0.4) is 0 Å². The van der Waals surface area contributed by atoms with Gasteiger partial charge >= 0.3 is 5.97 Å². The summed E-state index contributed by atoms with van der Waals surface area (Å²) in [5, 5.41) is 44.4. The summed E-state index contributed by atoms with van der Waals surface area (Å²) in [7, 11) is -4.28. The van der Waals surface area contributed by atoms with Crippen LogP contribution in [0.5, 0.6) is 5.75 Å². The Labute approximate surface area is 303 Å². The molecule has 0 fully saturated rings. The molecule has 53 heavy (non-hydrogen) atoms. The summed E-state index contributed by atoms with van der Waals surface area (Å²) in [6, 6.07) is 33.3. The Hall–Kier alpha value is -7.10. The van der Waals surface area contributed by atoms with Crippen LogP contribution < -0.4 is 11.5 Å². The first-order chi connectivity index (χ1) is 25.4. The fourth-order valence-electron chi connectivity index (χ4n) is 5.08. The highest BCUT2D eigenvalue weighted by molar-refractivity contribution is 7.85. The van der Waals surface area contributed by atoms with Gasteiger partial charge in [-0.3, -0.25) is 4.55 Å². The number of anilines is 2. The number of aromatic hydroxyl groups is 1. The summed E-state index contributed by atoms with van der Waals surface area (Å²) >= 11 is 0. The zero-order valence-corrected chi connectivity index (χ0v) is 28.7. The molecule has 6 aromatic rings. The van der Waals surface area contributed by atoms with Crippen molar-refractivity contribution in [2.75, 3.05) is 11.5 Å². The van der Waals surface area contributed by atoms with Crippen molar-refractivity contribution in [2.45, 2.75) is 11.8 Å². The fraction of sp³-hybridized carbons (Fsp3) is 0.0263. The molecule has 0 spiro atoms. The minimum absolute atomic E-state index is 0.187. The SMILES string of the molecule is Cc1cc(N=Nc2ccc(-c3ccc(N=Nc4ccc(O)c(C(=O)O)c4)cc3)cc2)c(N)c(N=Nc2ccc(-c3ccc(S(=O)(=O)O)cc3)cc2)c1N. The van der Waals surface area contributed by atoms with Crippen molar-refractivity contribution in [1.29, 1.82) is 0 Å². The van der Waals surface area contributed by atoms with Gasteiger partial charge in [0.2, 0.25) is 0 Å². The van der Waals surface area contributed by atoms with Crippen molar-refractivity contribution in [1.82, 2.24) is 0 Å². The molecule has 0 heterocycles. The smallest absolute Gasteiger partial charge is 0.339 e. The molecule has 0 radical (unpaired) electrons. The van der Waals surface area contributed by atoms with Crippen LogP contribution in [0.2, 0.25) is 0 Å². The van der Waals surface area contributed by atoms with Gasteiger partial charge in [0.1, 0.15) is 22.7 Å². The first kappa shape index (κ1) is 35.7. The van der Waals surface area contributed by atoms with Crippen LogP contribution in [-0.2, 0) is 10.1 Å². The van der Waals surface area contributed by atoms with Crippen molar-refractivity contribution in [2.24, 2.45) is 30.7 Å². The summed E-state index contributed by atoms with van der Waals surface area (Å²) < 4.78 is 31.8. The van der Waals surface area contributed by atoms with E-state index in [0.29, 0.717) is 39.7 Å². The van der Waals surface area contributed by atoms with Gasteiger partial charge in [-0.2, -0.15) is 28.9 Å². The highest BCUT2D eigenvalue weighted by Crippen LogP contribution is 2.41. The summed E-state index contributed by atoms with van der Waals surface area (Å²) in [4.78, 5) is 11.1. The monoisotopic (exact) mass is 726 g/mol. The molecule has 15 heteroatoms. The van der Waals surface area contributed by atoms with E-state index in [4.69, 9.17) is 11.5 Å². The van der Waals surface area contributed by atoms with Crippen LogP contribution in [0, 0.1) is 6.92 Å². The standard InChI is InChI=1S/C38H30N8O6S/c1-22-20-33(36(40)37(35(22)39)46-43-29-14-6-25(7-15-29)26-8-17-31(18-9-26)53(50,51)52)45-42-28-12-4-24(5-13-28)23-2-10-27(11-3-23)41-44-30-16-19-34(47)32(21-30)38(48)49/h2-21,47H,39-40H2,1H3,(H,48,49)(H,50,51,52). The van der Waals surface area contributed by atoms with E-state index in [9.17, 15) is 28.0 Å². The quantitative estimate of drug-likeness (QED) is 0.0515. The van der Waals surface area contributed by atoms with E-state index in [0.717, 1.165) is 22.3 Å². The molecule has 0 aliphatic rings. The molecule has 0 aliphatic carbocycles. The average molecular weight is 727 g/mol. The highest BCUT2D eigenvalue weighted by Gasteiger charge is 2.14. The number of nitrogens with two attached hydrogens (primary N) is 2. The number of nitrogens with zero attached hydrogens (tertiary/aromatic N) is 6. The first-order valence-corrected chi connectivity index (χ1v) is 17.2. The molecule has 7 N–H and O–H groups in total. The Kier molecular flexibility index (Phi) is 10.1. The van der Waals surface area contributed by atoms with Gasteiger partial charge in [-0.1, -0.05) is 48.5 Å². The largest absolute Gasteiger partial charge is 0.507 e. The zero-order valence-electron chi connectivity index (χ0n) is 27.9. The molecular formula is C38H30N8O6S. The Bertz CT molecular complexity index is 2520. The van der Waals surface area contributed by atoms with Crippen LogP contribution in [0.15, 0.2) is 157 Å². The highest BCUT2D eigenvalue weighted by atomic mass is 32.2. The average Bonchev–Trinajstić information content (AvgIpc) is 3.15. The second-order valence-corrected chi connectivity index (χ2v) is 13.1. The molecule has 264 valence electrons. The second kappa shape index (κ2) is 15.0. The summed E-state index contributed by atoms with van der Waals surface area (Å²) in [5.41, 5.74) is 19.7. The maximum atomic E-state index is 11.3. The van der Waals surface area contributed by atoms with Crippen LogP contribution >= 0.6 is 0 Å². The van der Waals surface area contributed by atoms with Crippen molar-refractivity contribution < 1.29 is 28.0 Å². The van der Waals surface area contributed by atoms with Crippen molar-refractivity contribution in [3.8, 4) is 28.0 Å². The molecule has 6 aromatic carbocycles. The van der Waals surface area contributed by atoms with Gasteiger partial charge < -0.3 is 21.7 Å². The minimum atomic E-state index is -4.28. The Morgan fingerprint density at radius 2 is 0.981 bits per heavy atom. The number of carboxylic acid groups (broad SMARTS) is 1. The molecule has 0 atom stereocenters. The van der Waals surface area contributed by atoms with Gasteiger partial charge in [0, 0.05) is 0 Å². The first-order valence-electron chi connectivity index (χ1n) is 15.7. The lowest BCUT2D eigenvalue weighted by atomic mass is 10.1. The number of rotatable bonds is 10. The van der Waals surface area contributed by atoms with Crippen molar-refractivity contribution in [3.63, 3.8) is 0 Å². The van der Waals surface area contributed by atoms with Crippen LogP contribution in [0.4, 0.5) is 45.5 Å². The predicted octanol–water partition coefficient (Wildman–Crippen LogP) is 10.4. The lowest BCUT2D eigenvalue weighted by Gasteiger charge is -2.09. The number of nitrogen functional groups attached to an aromatic ring is 2. The molecule has 14 nitrogen and oxygen atoms in total. The van der Waals surface area contributed by atoms with Gasteiger partial charge in [-0.15, -0.1) is 10.2 Å². The maximum absolute atomic E-state index is 11.3. The lowest BCUT2D eigenvalue weighted by molar-refractivity contribution is 0.0693. The van der Waals surface area contributed by atoms with E-state index in [1.807, 2.05) is 36.4 Å². The van der Waals surface area contributed by atoms with E-state index in [1.165, 1.54) is 30.3 Å². The second-order valence-electron chi connectivity index (χ2n) is 11.6. The van der Waals surface area contributed by atoms with E-state index in [2.05, 4.69) is 30.7 Å². The molecule has 0 saturated carbocycles.